The van der Waals surface area contributed by atoms with Crippen molar-refractivity contribution in [3.8, 4) is 16.9 Å². The van der Waals surface area contributed by atoms with Crippen LogP contribution in [0, 0.1) is 0 Å². The number of nitrogens with two attached hydrogens (primary N) is 1. The first-order chi connectivity index (χ1) is 19.6. The van der Waals surface area contributed by atoms with E-state index in [2.05, 4.69) is 33.9 Å². The van der Waals surface area contributed by atoms with Crippen LogP contribution in [0.3, 0.4) is 0 Å². The van der Waals surface area contributed by atoms with Crippen LogP contribution >= 0.6 is 0 Å². The number of nitrogens with zero attached hydrogens (tertiary/aromatic N) is 3. The largest absolute Gasteiger partial charge is 0.487 e. The SMILES string of the molecule is Nc1nccc2c(-c3ccc4c(c3)c(COc3cccc(C5CC5)c3CC(=O)O)nn4C3CCOC3)cccc12. The Balaban J connectivity index is 1.30. The predicted molar refractivity (Wildman–Crippen MR) is 153 cm³/mol. The second-order valence-electron chi connectivity index (χ2n) is 10.7. The fourth-order valence-corrected chi connectivity index (χ4v) is 5.93. The molecule has 2 aliphatic rings. The molecule has 0 radical (unpaired) electrons. The summed E-state index contributed by atoms with van der Waals surface area (Å²) in [5.74, 6) is 0.693. The molecule has 8 nitrogen and oxygen atoms in total. The van der Waals surface area contributed by atoms with E-state index in [-0.39, 0.29) is 19.1 Å². The predicted octanol–water partition coefficient (Wildman–Crippen LogP) is 5.88. The van der Waals surface area contributed by atoms with Gasteiger partial charge in [-0.3, -0.25) is 9.48 Å². The summed E-state index contributed by atoms with van der Waals surface area (Å²) in [6.45, 7) is 1.57. The van der Waals surface area contributed by atoms with E-state index >= 15 is 0 Å². The molecule has 1 saturated heterocycles. The highest BCUT2D eigenvalue weighted by Gasteiger charge is 2.29. The van der Waals surface area contributed by atoms with Crippen LogP contribution in [0.15, 0.2) is 66.9 Å². The summed E-state index contributed by atoms with van der Waals surface area (Å²) >= 11 is 0. The average molecular weight is 535 g/mol. The van der Waals surface area contributed by atoms with Gasteiger partial charge in [0.2, 0.25) is 0 Å². The number of hydrogen-bond donors (Lipinski definition) is 2. The molecule has 1 unspecified atom stereocenters. The van der Waals surface area contributed by atoms with Gasteiger partial charge >= 0.3 is 5.97 Å². The summed E-state index contributed by atoms with van der Waals surface area (Å²) in [5.41, 5.74) is 12.0. The van der Waals surface area contributed by atoms with E-state index in [1.54, 1.807) is 6.20 Å². The third-order valence-electron chi connectivity index (χ3n) is 8.06. The van der Waals surface area contributed by atoms with Crippen LogP contribution in [-0.4, -0.2) is 39.1 Å². The normalized spacial score (nSPS) is 17.1. The highest BCUT2D eigenvalue weighted by Crippen LogP contribution is 2.44. The number of aliphatic carboxylic acids is 1. The second kappa shape index (κ2) is 9.95. The lowest BCUT2D eigenvalue weighted by molar-refractivity contribution is -0.136. The van der Waals surface area contributed by atoms with E-state index in [0.29, 0.717) is 30.7 Å². The van der Waals surface area contributed by atoms with Crippen molar-refractivity contribution in [2.45, 2.75) is 44.2 Å². The van der Waals surface area contributed by atoms with Crippen molar-refractivity contribution in [2.75, 3.05) is 18.9 Å². The van der Waals surface area contributed by atoms with Gasteiger partial charge in [0, 0.05) is 29.1 Å². The van der Waals surface area contributed by atoms with E-state index < -0.39 is 5.97 Å². The molecule has 202 valence electrons. The number of pyridine rings is 1. The molecule has 1 saturated carbocycles. The summed E-state index contributed by atoms with van der Waals surface area (Å²) in [6.07, 6.45) is 4.77. The third-order valence-corrected chi connectivity index (χ3v) is 8.06. The van der Waals surface area contributed by atoms with Crippen LogP contribution in [0.2, 0.25) is 0 Å². The molecular weight excluding hydrogens is 504 g/mol. The number of benzene rings is 3. The molecule has 0 spiro atoms. The molecule has 2 fully saturated rings. The number of carboxylic acids is 1. The molecule has 0 amide bonds. The van der Waals surface area contributed by atoms with Crippen molar-refractivity contribution in [3.63, 3.8) is 0 Å². The van der Waals surface area contributed by atoms with Gasteiger partial charge in [-0.2, -0.15) is 5.10 Å². The van der Waals surface area contributed by atoms with E-state index in [0.717, 1.165) is 68.9 Å². The summed E-state index contributed by atoms with van der Waals surface area (Å²) in [7, 11) is 0. The Labute approximate surface area is 231 Å². The monoisotopic (exact) mass is 534 g/mol. The highest BCUT2D eigenvalue weighted by molar-refractivity contribution is 6.02. The zero-order valence-corrected chi connectivity index (χ0v) is 22.0. The van der Waals surface area contributed by atoms with Crippen molar-refractivity contribution in [1.82, 2.24) is 14.8 Å². The van der Waals surface area contributed by atoms with Crippen LogP contribution in [-0.2, 0) is 22.6 Å². The van der Waals surface area contributed by atoms with Crippen molar-refractivity contribution in [2.24, 2.45) is 0 Å². The van der Waals surface area contributed by atoms with Gasteiger partial charge in [-0.1, -0.05) is 36.4 Å². The Hall–Kier alpha value is -4.43. The second-order valence-corrected chi connectivity index (χ2v) is 10.7. The molecule has 3 heterocycles. The molecule has 5 aromatic rings. The summed E-state index contributed by atoms with van der Waals surface area (Å²) < 4.78 is 14.1. The number of rotatable bonds is 8. The highest BCUT2D eigenvalue weighted by atomic mass is 16.5. The number of hydrogen-bond acceptors (Lipinski definition) is 6. The van der Waals surface area contributed by atoms with Gasteiger partial charge in [0.25, 0.3) is 0 Å². The van der Waals surface area contributed by atoms with Crippen LogP contribution in [0.5, 0.6) is 5.75 Å². The van der Waals surface area contributed by atoms with Gasteiger partial charge < -0.3 is 20.3 Å². The fourth-order valence-electron chi connectivity index (χ4n) is 5.93. The van der Waals surface area contributed by atoms with E-state index in [4.69, 9.17) is 20.3 Å². The lowest BCUT2D eigenvalue weighted by atomic mass is 9.97. The van der Waals surface area contributed by atoms with Crippen LogP contribution < -0.4 is 10.5 Å². The Morgan fingerprint density at radius 2 is 1.93 bits per heavy atom. The van der Waals surface area contributed by atoms with Gasteiger partial charge in [0.15, 0.2) is 0 Å². The van der Waals surface area contributed by atoms with Crippen LogP contribution in [0.25, 0.3) is 32.8 Å². The Morgan fingerprint density at radius 3 is 2.73 bits per heavy atom. The molecule has 1 aliphatic heterocycles. The Bertz CT molecular complexity index is 1750. The summed E-state index contributed by atoms with van der Waals surface area (Å²) in [5, 5.41) is 17.6. The van der Waals surface area contributed by atoms with Gasteiger partial charge in [0.1, 0.15) is 23.9 Å². The summed E-state index contributed by atoms with van der Waals surface area (Å²) in [4.78, 5) is 16.0. The van der Waals surface area contributed by atoms with Gasteiger partial charge in [-0.15, -0.1) is 0 Å². The molecule has 0 bridgehead atoms. The zero-order valence-electron chi connectivity index (χ0n) is 22.0. The standard InChI is InChI=1S/C32H30N4O4/c33-32-25-5-1-3-23(24(25)11-13-34-32)20-9-10-29-27(15-20)28(35-36(29)21-12-14-39-17-21)18-40-30-6-2-4-22(19-7-8-19)26(30)16-31(37)38/h1-6,9-11,13,15,19,21H,7-8,12,14,16-18H2,(H2,33,34)(H,37,38). The molecule has 1 atom stereocenters. The van der Waals surface area contributed by atoms with Gasteiger partial charge in [-0.05, 0) is 71.5 Å². The molecule has 40 heavy (non-hydrogen) atoms. The minimum absolute atomic E-state index is 0.0557. The van der Waals surface area contributed by atoms with Gasteiger partial charge in [-0.25, -0.2) is 4.98 Å². The van der Waals surface area contributed by atoms with Crippen molar-refractivity contribution in [1.29, 1.82) is 0 Å². The number of nitrogen functional groups attached to an aromatic ring is 1. The maximum Gasteiger partial charge on any atom is 0.307 e. The first-order valence-electron chi connectivity index (χ1n) is 13.8. The number of aromatic nitrogens is 3. The van der Waals surface area contributed by atoms with Crippen molar-refractivity contribution in [3.05, 3.63) is 83.7 Å². The lowest BCUT2D eigenvalue weighted by Gasteiger charge is -2.14. The Kier molecular flexibility index (Phi) is 6.12. The van der Waals surface area contributed by atoms with E-state index in [1.807, 2.05) is 36.4 Å². The minimum atomic E-state index is -0.857. The smallest absolute Gasteiger partial charge is 0.307 e. The number of anilines is 1. The molecule has 7 rings (SSSR count). The molecule has 3 N–H and O–H groups in total. The molecule has 8 heteroatoms. The van der Waals surface area contributed by atoms with Gasteiger partial charge in [0.05, 0.1) is 24.6 Å². The first kappa shape index (κ1) is 24.6. The minimum Gasteiger partial charge on any atom is -0.487 e. The Morgan fingerprint density at radius 1 is 1.05 bits per heavy atom. The zero-order chi connectivity index (χ0) is 27.2. The maximum absolute atomic E-state index is 11.7. The molecule has 3 aromatic carbocycles. The van der Waals surface area contributed by atoms with E-state index in [1.165, 1.54) is 0 Å². The maximum atomic E-state index is 11.7. The number of fused-ring (bicyclic) bond motifs is 2. The third kappa shape index (κ3) is 4.44. The molecule has 2 aromatic heterocycles. The average Bonchev–Trinajstić information content (AvgIpc) is 3.53. The van der Waals surface area contributed by atoms with Crippen molar-refractivity contribution < 1.29 is 19.4 Å². The summed E-state index contributed by atoms with van der Waals surface area (Å²) in [6, 6.07) is 20.5. The molecule has 1 aliphatic carbocycles. The fraction of sp³-hybridized carbons (Fsp3) is 0.281. The van der Waals surface area contributed by atoms with Crippen LogP contribution in [0.4, 0.5) is 5.82 Å². The van der Waals surface area contributed by atoms with Crippen molar-refractivity contribution >= 4 is 33.5 Å². The van der Waals surface area contributed by atoms with E-state index in [9.17, 15) is 9.90 Å². The number of ether oxygens (including phenoxy) is 2. The van der Waals surface area contributed by atoms with Crippen LogP contribution in [0.1, 0.15) is 48.0 Å². The quantitative estimate of drug-likeness (QED) is 0.256. The number of carbonyl (C=O) groups is 1. The molecular formula is C32H30N4O4. The topological polar surface area (TPSA) is 112 Å². The first-order valence-corrected chi connectivity index (χ1v) is 13.8. The lowest BCUT2D eigenvalue weighted by Crippen LogP contribution is -2.11. The number of carboxylic acid groups (broad SMARTS) is 1.